The molecule has 4 rings (SSSR count). The first-order chi connectivity index (χ1) is 15.2. The fraction of sp³-hybridized carbons (Fsp3) is 0.350. The number of amides is 2. The van der Waals surface area contributed by atoms with Gasteiger partial charge in [-0.15, -0.1) is 11.3 Å². The van der Waals surface area contributed by atoms with Crippen molar-refractivity contribution in [2.24, 2.45) is 12.8 Å². The molecule has 0 radical (unpaired) electrons. The molecule has 1 aliphatic heterocycles. The first kappa shape index (κ1) is 22.2. The number of sulfonamides is 1. The van der Waals surface area contributed by atoms with Gasteiger partial charge in [0.1, 0.15) is 21.2 Å². The molecular formula is C20H23N5O5S2. The van der Waals surface area contributed by atoms with Gasteiger partial charge in [-0.05, 0) is 25.1 Å². The van der Waals surface area contributed by atoms with E-state index in [1.165, 1.54) is 32.5 Å². The number of thiophene rings is 1. The number of piperazine rings is 1. The van der Waals surface area contributed by atoms with E-state index in [-0.39, 0.29) is 42.7 Å². The first-order valence-electron chi connectivity index (χ1n) is 9.99. The van der Waals surface area contributed by atoms with Crippen LogP contribution in [0.15, 0.2) is 35.5 Å². The van der Waals surface area contributed by atoms with E-state index in [4.69, 9.17) is 10.5 Å². The predicted octanol–water partition coefficient (Wildman–Crippen LogP) is 1.28. The quantitative estimate of drug-likeness (QED) is 0.570. The van der Waals surface area contributed by atoms with Crippen LogP contribution in [0.25, 0.3) is 10.2 Å². The average molecular weight is 478 g/mol. The zero-order valence-electron chi connectivity index (χ0n) is 17.6. The predicted molar refractivity (Wildman–Crippen MR) is 119 cm³/mol. The van der Waals surface area contributed by atoms with Gasteiger partial charge < -0.3 is 19.9 Å². The Kier molecular flexibility index (Phi) is 5.93. The Labute approximate surface area is 189 Å². The highest BCUT2D eigenvalue weighted by molar-refractivity contribution is 7.89. The van der Waals surface area contributed by atoms with Crippen LogP contribution in [-0.4, -0.2) is 71.8 Å². The second-order valence-corrected chi connectivity index (χ2v) is 10.3. The SMILES string of the molecule is CCOc1ccnc2sc(C(=O)N3CCN(S(=O)(=O)c4cc(C(N)=O)n(C)c4)CC3)cc12. The Morgan fingerprint density at radius 1 is 1.22 bits per heavy atom. The van der Waals surface area contributed by atoms with Crippen molar-refractivity contribution in [2.75, 3.05) is 32.8 Å². The molecule has 12 heteroatoms. The molecule has 0 spiro atoms. The molecule has 10 nitrogen and oxygen atoms in total. The Balaban J connectivity index is 1.48. The highest BCUT2D eigenvalue weighted by Crippen LogP contribution is 2.32. The van der Waals surface area contributed by atoms with Crippen LogP contribution in [0.4, 0.5) is 0 Å². The molecule has 0 atom stereocenters. The molecule has 0 saturated carbocycles. The van der Waals surface area contributed by atoms with Crippen LogP contribution in [0.2, 0.25) is 0 Å². The summed E-state index contributed by atoms with van der Waals surface area (Å²) < 4.78 is 34.3. The molecule has 1 fully saturated rings. The summed E-state index contributed by atoms with van der Waals surface area (Å²) in [5.74, 6) is -0.181. The zero-order valence-corrected chi connectivity index (χ0v) is 19.3. The van der Waals surface area contributed by atoms with Gasteiger partial charge >= 0.3 is 0 Å². The summed E-state index contributed by atoms with van der Waals surface area (Å²) in [6, 6.07) is 4.82. The van der Waals surface area contributed by atoms with Crippen molar-refractivity contribution in [2.45, 2.75) is 11.8 Å². The largest absolute Gasteiger partial charge is 0.493 e. The zero-order chi connectivity index (χ0) is 23.0. The number of nitrogens with zero attached hydrogens (tertiary/aromatic N) is 4. The number of ether oxygens (including phenoxy) is 1. The van der Waals surface area contributed by atoms with Crippen LogP contribution in [0.3, 0.4) is 0 Å². The van der Waals surface area contributed by atoms with E-state index in [1.807, 2.05) is 6.92 Å². The highest BCUT2D eigenvalue weighted by atomic mass is 32.2. The number of carbonyl (C=O) groups is 2. The van der Waals surface area contributed by atoms with E-state index in [1.54, 1.807) is 30.3 Å². The van der Waals surface area contributed by atoms with E-state index in [0.717, 1.165) is 10.2 Å². The fourth-order valence-corrected chi connectivity index (χ4v) is 6.14. The molecule has 4 heterocycles. The maximum absolute atomic E-state index is 13.0. The minimum Gasteiger partial charge on any atom is -0.493 e. The molecule has 0 unspecified atom stereocenters. The highest BCUT2D eigenvalue weighted by Gasteiger charge is 2.32. The van der Waals surface area contributed by atoms with Crippen LogP contribution in [0.1, 0.15) is 27.1 Å². The maximum Gasteiger partial charge on any atom is 0.265 e. The third-order valence-electron chi connectivity index (χ3n) is 5.30. The molecule has 0 bridgehead atoms. The number of aryl methyl sites for hydroxylation is 1. The van der Waals surface area contributed by atoms with E-state index < -0.39 is 15.9 Å². The number of carbonyl (C=O) groups excluding carboxylic acids is 2. The van der Waals surface area contributed by atoms with E-state index in [2.05, 4.69) is 4.98 Å². The van der Waals surface area contributed by atoms with Crippen molar-refractivity contribution in [1.29, 1.82) is 0 Å². The number of nitrogens with two attached hydrogens (primary N) is 1. The number of rotatable bonds is 6. The summed E-state index contributed by atoms with van der Waals surface area (Å²) in [7, 11) is -2.24. The summed E-state index contributed by atoms with van der Waals surface area (Å²) in [6.45, 7) is 3.23. The molecule has 2 amide bonds. The van der Waals surface area contributed by atoms with Gasteiger partial charge in [0.25, 0.3) is 11.8 Å². The van der Waals surface area contributed by atoms with Gasteiger partial charge in [0.05, 0.1) is 16.9 Å². The first-order valence-corrected chi connectivity index (χ1v) is 12.2. The topological polar surface area (TPSA) is 128 Å². The molecular weight excluding hydrogens is 454 g/mol. The normalized spacial score (nSPS) is 15.2. The van der Waals surface area contributed by atoms with E-state index in [0.29, 0.717) is 17.2 Å². The van der Waals surface area contributed by atoms with Gasteiger partial charge in [-0.1, -0.05) is 0 Å². The number of aromatic nitrogens is 2. The van der Waals surface area contributed by atoms with Crippen LogP contribution < -0.4 is 10.5 Å². The van der Waals surface area contributed by atoms with Gasteiger partial charge in [0.15, 0.2) is 0 Å². The molecule has 0 aromatic carbocycles. The van der Waals surface area contributed by atoms with Crippen molar-refractivity contribution in [3.05, 3.63) is 41.2 Å². The third kappa shape index (κ3) is 3.96. The Bertz CT molecular complexity index is 1290. The van der Waals surface area contributed by atoms with Gasteiger partial charge in [-0.2, -0.15) is 4.31 Å². The van der Waals surface area contributed by atoms with Crippen LogP contribution in [-0.2, 0) is 17.1 Å². The number of fused-ring (bicyclic) bond motifs is 1. The summed E-state index contributed by atoms with van der Waals surface area (Å²) in [5, 5.41) is 0.790. The van der Waals surface area contributed by atoms with Crippen LogP contribution >= 0.6 is 11.3 Å². The summed E-state index contributed by atoms with van der Waals surface area (Å²) in [4.78, 5) is 31.7. The lowest BCUT2D eigenvalue weighted by Gasteiger charge is -2.33. The monoisotopic (exact) mass is 477 g/mol. The van der Waals surface area contributed by atoms with Crippen molar-refractivity contribution < 1.29 is 22.7 Å². The number of hydrogen-bond acceptors (Lipinski definition) is 7. The summed E-state index contributed by atoms with van der Waals surface area (Å²) >= 11 is 1.29. The second kappa shape index (κ2) is 8.52. The molecule has 1 aliphatic rings. The van der Waals surface area contributed by atoms with Crippen molar-refractivity contribution in [1.82, 2.24) is 18.8 Å². The maximum atomic E-state index is 13.0. The Morgan fingerprint density at radius 2 is 1.94 bits per heavy atom. The Morgan fingerprint density at radius 3 is 2.56 bits per heavy atom. The van der Waals surface area contributed by atoms with Crippen LogP contribution in [0.5, 0.6) is 5.75 Å². The number of pyridine rings is 1. The average Bonchev–Trinajstić information content (AvgIpc) is 3.38. The fourth-order valence-electron chi connectivity index (χ4n) is 3.66. The van der Waals surface area contributed by atoms with Crippen molar-refractivity contribution >= 4 is 43.4 Å². The lowest BCUT2D eigenvalue weighted by atomic mass is 10.2. The molecule has 3 aromatic heterocycles. The van der Waals surface area contributed by atoms with Gasteiger partial charge in [0.2, 0.25) is 10.0 Å². The minimum absolute atomic E-state index is 0.00705. The van der Waals surface area contributed by atoms with Gasteiger partial charge in [0, 0.05) is 45.6 Å². The molecule has 1 saturated heterocycles. The van der Waals surface area contributed by atoms with E-state index in [9.17, 15) is 18.0 Å². The van der Waals surface area contributed by atoms with Crippen LogP contribution in [0, 0.1) is 0 Å². The van der Waals surface area contributed by atoms with E-state index >= 15 is 0 Å². The summed E-state index contributed by atoms with van der Waals surface area (Å²) in [6.07, 6.45) is 3.02. The molecule has 0 aliphatic carbocycles. The standard InChI is InChI=1S/C20H23N5O5S2/c1-3-30-16-4-5-22-19-14(16)11-17(31-19)20(27)24-6-8-25(9-7-24)32(28,29)13-10-15(18(21)26)23(2)12-13/h4-5,10-12H,3,6-9H2,1-2H3,(H2,21,26). The smallest absolute Gasteiger partial charge is 0.265 e. The number of primary amides is 1. The second-order valence-electron chi connectivity index (χ2n) is 7.30. The number of hydrogen-bond donors (Lipinski definition) is 1. The lowest BCUT2D eigenvalue weighted by molar-refractivity contribution is 0.0702. The molecule has 32 heavy (non-hydrogen) atoms. The molecule has 170 valence electrons. The van der Waals surface area contributed by atoms with Gasteiger partial charge in [-0.25, -0.2) is 13.4 Å². The molecule has 3 aromatic rings. The molecule has 2 N–H and O–H groups in total. The minimum atomic E-state index is -3.80. The van der Waals surface area contributed by atoms with Gasteiger partial charge in [-0.3, -0.25) is 9.59 Å². The summed E-state index contributed by atoms with van der Waals surface area (Å²) in [5.41, 5.74) is 5.40. The lowest BCUT2D eigenvalue weighted by Crippen LogP contribution is -2.50. The van der Waals surface area contributed by atoms with Crippen molar-refractivity contribution in [3.8, 4) is 5.75 Å². The third-order valence-corrected chi connectivity index (χ3v) is 8.20. The Hall–Kier alpha value is -2.96. The van der Waals surface area contributed by atoms with Crippen molar-refractivity contribution in [3.63, 3.8) is 0 Å².